The van der Waals surface area contributed by atoms with E-state index in [0.29, 0.717) is 0 Å². The number of hydrogen-bond donors (Lipinski definition) is 1. The van der Waals surface area contributed by atoms with Gasteiger partial charge < -0.3 is 15.1 Å². The van der Waals surface area contributed by atoms with Gasteiger partial charge in [0.05, 0.1) is 5.69 Å². The number of rotatable bonds is 5. The van der Waals surface area contributed by atoms with Gasteiger partial charge >= 0.3 is 0 Å². The van der Waals surface area contributed by atoms with Crippen molar-refractivity contribution in [3.05, 3.63) is 10.6 Å². The second-order valence-electron chi connectivity index (χ2n) is 5.65. The van der Waals surface area contributed by atoms with Crippen LogP contribution in [-0.2, 0) is 6.54 Å². The predicted molar refractivity (Wildman–Crippen MR) is 81.2 cm³/mol. The Kier molecular flexibility index (Phi) is 4.05. The molecule has 1 N–H and O–H groups in total. The van der Waals surface area contributed by atoms with Crippen LogP contribution in [0.15, 0.2) is 0 Å². The minimum Gasteiger partial charge on any atom is -0.346 e. The van der Waals surface area contributed by atoms with Gasteiger partial charge in [-0.2, -0.15) is 0 Å². The van der Waals surface area contributed by atoms with Crippen molar-refractivity contribution < 1.29 is 0 Å². The average Bonchev–Trinajstić information content (AvgIpc) is 3.18. The fourth-order valence-electron chi connectivity index (χ4n) is 2.52. The van der Waals surface area contributed by atoms with Crippen LogP contribution in [-0.4, -0.2) is 49.7 Å². The van der Waals surface area contributed by atoms with Crippen molar-refractivity contribution in [3.8, 4) is 0 Å². The lowest BCUT2D eigenvalue weighted by molar-refractivity contribution is 0.312. The zero-order valence-corrected chi connectivity index (χ0v) is 12.8. The topological polar surface area (TPSA) is 31.4 Å². The van der Waals surface area contributed by atoms with Gasteiger partial charge in [0.2, 0.25) is 0 Å². The molecule has 0 aromatic carbocycles. The molecule has 1 saturated heterocycles. The number of piperazine rings is 1. The lowest BCUT2D eigenvalue weighted by Gasteiger charge is -2.32. The zero-order chi connectivity index (χ0) is 13.2. The molecule has 0 atom stereocenters. The van der Waals surface area contributed by atoms with E-state index >= 15 is 0 Å². The van der Waals surface area contributed by atoms with Crippen molar-refractivity contribution >= 4 is 16.5 Å². The zero-order valence-electron chi connectivity index (χ0n) is 12.0. The van der Waals surface area contributed by atoms with Crippen LogP contribution < -0.4 is 10.2 Å². The first-order chi connectivity index (χ1) is 9.28. The van der Waals surface area contributed by atoms with Crippen LogP contribution >= 0.6 is 11.3 Å². The van der Waals surface area contributed by atoms with E-state index < -0.39 is 0 Å². The molecule has 4 nitrogen and oxygen atoms in total. The van der Waals surface area contributed by atoms with Crippen molar-refractivity contribution in [2.45, 2.75) is 32.2 Å². The number of aromatic nitrogens is 1. The Hall–Kier alpha value is -0.650. The maximum Gasteiger partial charge on any atom is 0.185 e. The lowest BCUT2D eigenvalue weighted by atomic mass is 10.2. The summed E-state index contributed by atoms with van der Waals surface area (Å²) in [5.74, 6) is 0.756. The molecular weight excluding hydrogens is 256 g/mol. The summed E-state index contributed by atoms with van der Waals surface area (Å²) in [4.78, 5) is 11.3. The lowest BCUT2D eigenvalue weighted by Crippen LogP contribution is -2.44. The Labute approximate surface area is 119 Å². The maximum absolute atomic E-state index is 4.96. The van der Waals surface area contributed by atoms with Crippen LogP contribution in [0.2, 0.25) is 0 Å². The Bertz CT molecular complexity index is 419. The van der Waals surface area contributed by atoms with Gasteiger partial charge in [0.15, 0.2) is 5.13 Å². The average molecular weight is 280 g/mol. The highest BCUT2D eigenvalue weighted by molar-refractivity contribution is 7.15. The third-order valence-corrected chi connectivity index (χ3v) is 5.12. The molecule has 3 rings (SSSR count). The number of hydrogen-bond acceptors (Lipinski definition) is 5. The van der Waals surface area contributed by atoms with Crippen LogP contribution in [0.25, 0.3) is 0 Å². The number of nitrogens with zero attached hydrogens (tertiary/aromatic N) is 3. The van der Waals surface area contributed by atoms with Gasteiger partial charge in [-0.15, -0.1) is 11.3 Å². The molecule has 0 spiro atoms. The van der Waals surface area contributed by atoms with Crippen molar-refractivity contribution in [2.75, 3.05) is 44.7 Å². The van der Waals surface area contributed by atoms with E-state index in [4.69, 9.17) is 4.98 Å². The summed E-state index contributed by atoms with van der Waals surface area (Å²) >= 11 is 1.91. The first kappa shape index (κ1) is 13.3. The highest BCUT2D eigenvalue weighted by Crippen LogP contribution is 2.44. The maximum atomic E-state index is 4.96. The molecule has 1 aliphatic heterocycles. The molecule has 2 heterocycles. The van der Waals surface area contributed by atoms with E-state index in [0.717, 1.165) is 45.2 Å². The molecule has 2 aliphatic rings. The van der Waals surface area contributed by atoms with Crippen LogP contribution in [0.1, 0.15) is 36.3 Å². The summed E-state index contributed by atoms with van der Waals surface area (Å²) in [7, 11) is 2.20. The monoisotopic (exact) mass is 280 g/mol. The van der Waals surface area contributed by atoms with Crippen molar-refractivity contribution in [3.63, 3.8) is 0 Å². The first-order valence-corrected chi connectivity index (χ1v) is 8.23. The van der Waals surface area contributed by atoms with Gasteiger partial charge in [-0.3, -0.25) is 0 Å². The van der Waals surface area contributed by atoms with Gasteiger partial charge in [0.25, 0.3) is 0 Å². The second-order valence-corrected chi connectivity index (χ2v) is 6.71. The van der Waals surface area contributed by atoms with Crippen LogP contribution in [0.5, 0.6) is 0 Å². The molecule has 1 aromatic rings. The second kappa shape index (κ2) is 5.77. The van der Waals surface area contributed by atoms with Gasteiger partial charge in [-0.05, 0) is 26.4 Å². The van der Waals surface area contributed by atoms with E-state index in [9.17, 15) is 0 Å². The van der Waals surface area contributed by atoms with Gasteiger partial charge in [0.1, 0.15) is 0 Å². The summed E-state index contributed by atoms with van der Waals surface area (Å²) in [6.45, 7) is 8.74. The Morgan fingerprint density at radius 3 is 2.63 bits per heavy atom. The van der Waals surface area contributed by atoms with Crippen molar-refractivity contribution in [1.82, 2.24) is 15.2 Å². The summed E-state index contributed by atoms with van der Waals surface area (Å²) in [5.41, 5.74) is 1.39. The molecule has 0 unspecified atom stereocenters. The smallest absolute Gasteiger partial charge is 0.185 e. The Balaban J connectivity index is 1.74. The molecule has 19 heavy (non-hydrogen) atoms. The fourth-order valence-corrected chi connectivity index (χ4v) is 3.69. The molecule has 106 valence electrons. The van der Waals surface area contributed by atoms with E-state index in [1.807, 2.05) is 11.3 Å². The molecular formula is C14H24N4S. The first-order valence-electron chi connectivity index (χ1n) is 7.41. The molecule has 1 aliphatic carbocycles. The van der Waals surface area contributed by atoms with Gasteiger partial charge in [-0.25, -0.2) is 4.98 Å². The molecule has 0 radical (unpaired) electrons. The van der Waals surface area contributed by atoms with E-state index in [-0.39, 0.29) is 0 Å². The highest BCUT2D eigenvalue weighted by atomic mass is 32.1. The van der Waals surface area contributed by atoms with Gasteiger partial charge in [0, 0.05) is 43.5 Å². The van der Waals surface area contributed by atoms with E-state index in [2.05, 4.69) is 29.1 Å². The predicted octanol–water partition coefficient (Wildman–Crippen LogP) is 1.88. The van der Waals surface area contributed by atoms with E-state index in [1.165, 1.54) is 28.5 Å². The van der Waals surface area contributed by atoms with E-state index in [1.54, 1.807) is 0 Å². The largest absolute Gasteiger partial charge is 0.346 e. The third kappa shape index (κ3) is 3.09. The standard InChI is InChI=1S/C14H24N4S/c1-3-15-10-12-13(11-4-5-11)16-14(19-12)18-8-6-17(2)7-9-18/h11,15H,3-10H2,1-2H3. The molecule has 0 bridgehead atoms. The number of anilines is 1. The molecule has 1 aromatic heterocycles. The van der Waals surface area contributed by atoms with Crippen LogP contribution in [0, 0.1) is 0 Å². The Morgan fingerprint density at radius 1 is 1.26 bits per heavy atom. The van der Waals surface area contributed by atoms with Crippen molar-refractivity contribution in [1.29, 1.82) is 0 Å². The minimum absolute atomic E-state index is 0.756. The molecule has 2 fully saturated rings. The summed E-state index contributed by atoms with van der Waals surface area (Å²) < 4.78 is 0. The third-order valence-electron chi connectivity index (χ3n) is 3.99. The number of likely N-dealkylation sites (N-methyl/N-ethyl adjacent to an activating group) is 1. The highest BCUT2D eigenvalue weighted by Gasteiger charge is 2.30. The summed E-state index contributed by atoms with van der Waals surface area (Å²) in [6.07, 6.45) is 2.68. The number of thiazole rings is 1. The Morgan fingerprint density at radius 2 is 2.00 bits per heavy atom. The summed E-state index contributed by atoms with van der Waals surface area (Å²) in [5, 5.41) is 4.71. The number of nitrogens with one attached hydrogen (secondary N) is 1. The molecule has 0 amide bonds. The SMILES string of the molecule is CCNCc1sc(N2CCN(C)CC2)nc1C1CC1. The minimum atomic E-state index is 0.756. The molecule has 5 heteroatoms. The summed E-state index contributed by atoms with van der Waals surface area (Å²) in [6, 6.07) is 0. The fraction of sp³-hybridized carbons (Fsp3) is 0.786. The van der Waals surface area contributed by atoms with Gasteiger partial charge in [-0.1, -0.05) is 6.92 Å². The molecule has 1 saturated carbocycles. The van der Waals surface area contributed by atoms with Crippen LogP contribution in [0.4, 0.5) is 5.13 Å². The quantitative estimate of drug-likeness (QED) is 0.892. The van der Waals surface area contributed by atoms with Crippen molar-refractivity contribution in [2.24, 2.45) is 0 Å². The normalized spacial score (nSPS) is 21.1. The van der Waals surface area contributed by atoms with Crippen LogP contribution in [0.3, 0.4) is 0 Å².